The van der Waals surface area contributed by atoms with Crippen LogP contribution in [0.3, 0.4) is 0 Å². The van der Waals surface area contributed by atoms with Crippen LogP contribution in [0.5, 0.6) is 0 Å². The molecular weight excluding hydrogens is 264 g/mol. The van der Waals surface area contributed by atoms with Gasteiger partial charge in [0.25, 0.3) is 0 Å². The Morgan fingerprint density at radius 3 is 2.58 bits per heavy atom. The molecule has 0 unspecified atom stereocenters. The number of benzene rings is 1. The molecule has 0 amide bonds. The van der Waals surface area contributed by atoms with Crippen molar-refractivity contribution in [1.29, 1.82) is 0 Å². The Kier molecular flexibility index (Phi) is 6.10. The summed E-state index contributed by atoms with van der Waals surface area (Å²) in [6.07, 6.45) is 6.34. The molecule has 19 heavy (non-hydrogen) atoms. The van der Waals surface area contributed by atoms with Gasteiger partial charge in [0.15, 0.2) is 9.84 Å². The fourth-order valence-corrected chi connectivity index (χ4v) is 2.30. The molecule has 0 saturated heterocycles. The number of sulfone groups is 1. The number of rotatable bonds is 7. The molecule has 1 aromatic carbocycles. The molecule has 1 rings (SSSR count). The smallest absolute Gasteiger partial charge is 0.321 e. The summed E-state index contributed by atoms with van der Waals surface area (Å²) in [5.41, 5.74) is 1.15. The number of ether oxygens (including phenoxy) is 1. The molecule has 0 saturated carbocycles. The molecule has 1 aromatic rings. The second kappa shape index (κ2) is 7.59. The molecular formula is C14H16O4S. The number of hydrogen-bond acceptors (Lipinski definition) is 4. The molecule has 4 nitrogen and oxygen atoms in total. The Morgan fingerprint density at radius 2 is 1.95 bits per heavy atom. The second-order valence-corrected chi connectivity index (χ2v) is 6.11. The molecule has 0 radical (unpaired) electrons. The Balaban J connectivity index is 2.23. The molecule has 0 heterocycles. The maximum Gasteiger partial charge on any atom is 0.321 e. The van der Waals surface area contributed by atoms with Crippen LogP contribution >= 0.6 is 0 Å². The maximum absolute atomic E-state index is 11.3. The normalized spacial score (nSPS) is 10.7. The zero-order valence-corrected chi connectivity index (χ0v) is 11.4. The average Bonchev–Trinajstić information content (AvgIpc) is 2.35. The van der Waals surface area contributed by atoms with Crippen LogP contribution < -0.4 is 0 Å². The lowest BCUT2D eigenvalue weighted by Gasteiger charge is -2.04. The van der Waals surface area contributed by atoms with Crippen molar-refractivity contribution in [1.82, 2.24) is 0 Å². The van der Waals surface area contributed by atoms with Gasteiger partial charge in [-0.3, -0.25) is 4.79 Å². The first-order chi connectivity index (χ1) is 9.03. The highest BCUT2D eigenvalue weighted by Crippen LogP contribution is 2.02. The third kappa shape index (κ3) is 6.63. The topological polar surface area (TPSA) is 60.4 Å². The van der Waals surface area contributed by atoms with E-state index in [1.807, 2.05) is 36.3 Å². The molecule has 0 spiro atoms. The number of aryl methyl sites for hydroxylation is 1. The van der Waals surface area contributed by atoms with Crippen LogP contribution in [0, 0.1) is 12.3 Å². The maximum atomic E-state index is 11.3. The highest BCUT2D eigenvalue weighted by Gasteiger charge is 2.16. The first kappa shape index (κ1) is 15.3. The van der Waals surface area contributed by atoms with E-state index in [4.69, 9.17) is 11.2 Å². The Hall–Kier alpha value is -1.80. The van der Waals surface area contributed by atoms with Gasteiger partial charge in [0, 0.05) is 0 Å². The predicted octanol–water partition coefficient (Wildman–Crippen LogP) is 1.21. The van der Waals surface area contributed by atoms with Crippen molar-refractivity contribution in [3.63, 3.8) is 0 Å². The van der Waals surface area contributed by atoms with E-state index in [1.165, 1.54) is 0 Å². The second-order valence-electron chi connectivity index (χ2n) is 4.05. The van der Waals surface area contributed by atoms with E-state index in [0.29, 0.717) is 6.42 Å². The summed E-state index contributed by atoms with van der Waals surface area (Å²) in [6, 6.07) is 9.78. The molecule has 0 atom stereocenters. The van der Waals surface area contributed by atoms with Gasteiger partial charge in [-0.2, -0.15) is 0 Å². The summed E-state index contributed by atoms with van der Waals surface area (Å²) in [5, 5.41) is 0. The lowest BCUT2D eigenvalue weighted by molar-refractivity contribution is -0.140. The van der Waals surface area contributed by atoms with Gasteiger partial charge in [-0.15, -0.1) is 6.42 Å². The molecule has 0 aromatic heterocycles. The zero-order valence-electron chi connectivity index (χ0n) is 10.5. The van der Waals surface area contributed by atoms with Crippen LogP contribution in [0.15, 0.2) is 30.3 Å². The molecule has 0 aliphatic carbocycles. The van der Waals surface area contributed by atoms with E-state index in [9.17, 15) is 13.2 Å². The van der Waals surface area contributed by atoms with Crippen molar-refractivity contribution in [2.75, 3.05) is 18.1 Å². The van der Waals surface area contributed by atoms with Gasteiger partial charge >= 0.3 is 5.97 Å². The van der Waals surface area contributed by atoms with Crippen molar-refractivity contribution in [3.05, 3.63) is 35.9 Å². The minimum absolute atomic E-state index is 0.208. The van der Waals surface area contributed by atoms with E-state index >= 15 is 0 Å². The van der Waals surface area contributed by atoms with Crippen molar-refractivity contribution in [2.45, 2.75) is 12.8 Å². The summed E-state index contributed by atoms with van der Waals surface area (Å²) in [5.74, 6) is 0.171. The van der Waals surface area contributed by atoms with E-state index in [2.05, 4.69) is 0 Å². The van der Waals surface area contributed by atoms with Crippen molar-refractivity contribution in [3.8, 4) is 12.3 Å². The molecule has 102 valence electrons. The van der Waals surface area contributed by atoms with Gasteiger partial charge < -0.3 is 4.74 Å². The van der Waals surface area contributed by atoms with Crippen LogP contribution in [-0.2, 0) is 25.8 Å². The zero-order chi connectivity index (χ0) is 14.1. The average molecular weight is 280 g/mol. The van der Waals surface area contributed by atoms with Crippen LogP contribution in [0.25, 0.3) is 0 Å². The predicted molar refractivity (Wildman–Crippen MR) is 73.2 cm³/mol. The van der Waals surface area contributed by atoms with Crippen LogP contribution in [0.4, 0.5) is 0 Å². The molecule has 0 fully saturated rings. The molecule has 0 aliphatic rings. The monoisotopic (exact) mass is 280 g/mol. The van der Waals surface area contributed by atoms with Gasteiger partial charge in [-0.05, 0) is 18.4 Å². The summed E-state index contributed by atoms with van der Waals surface area (Å²) < 4.78 is 27.4. The minimum atomic E-state index is -3.53. The SMILES string of the molecule is C#CCS(=O)(=O)CC(=O)OCCCc1ccccc1. The first-order valence-electron chi connectivity index (χ1n) is 5.87. The lowest BCUT2D eigenvalue weighted by atomic mass is 10.1. The minimum Gasteiger partial charge on any atom is -0.465 e. The van der Waals surface area contributed by atoms with Gasteiger partial charge in [0.1, 0.15) is 11.5 Å². The summed E-state index contributed by atoms with van der Waals surface area (Å²) in [4.78, 5) is 11.3. The van der Waals surface area contributed by atoms with Crippen molar-refractivity contribution >= 4 is 15.8 Å². The summed E-state index contributed by atoms with van der Waals surface area (Å²) in [7, 11) is -3.53. The van der Waals surface area contributed by atoms with Crippen molar-refractivity contribution < 1.29 is 17.9 Å². The fraction of sp³-hybridized carbons (Fsp3) is 0.357. The Labute approximate surface area is 113 Å². The van der Waals surface area contributed by atoms with Gasteiger partial charge in [0.2, 0.25) is 0 Å². The van der Waals surface area contributed by atoms with Crippen LogP contribution in [0.2, 0.25) is 0 Å². The van der Waals surface area contributed by atoms with E-state index < -0.39 is 27.3 Å². The fourth-order valence-electron chi connectivity index (χ4n) is 1.51. The number of terminal acetylenes is 1. The highest BCUT2D eigenvalue weighted by molar-refractivity contribution is 7.92. The van der Waals surface area contributed by atoms with Crippen LogP contribution in [-0.4, -0.2) is 32.5 Å². The third-order valence-electron chi connectivity index (χ3n) is 2.36. The molecule has 0 bridgehead atoms. The lowest BCUT2D eigenvalue weighted by Crippen LogP contribution is -2.21. The van der Waals surface area contributed by atoms with Crippen LogP contribution in [0.1, 0.15) is 12.0 Å². The van der Waals surface area contributed by atoms with E-state index in [-0.39, 0.29) is 6.61 Å². The Morgan fingerprint density at radius 1 is 1.26 bits per heavy atom. The van der Waals surface area contributed by atoms with Crippen molar-refractivity contribution in [2.24, 2.45) is 0 Å². The molecule has 0 N–H and O–H groups in total. The van der Waals surface area contributed by atoms with E-state index in [1.54, 1.807) is 0 Å². The standard InChI is InChI=1S/C14H16O4S/c1-2-11-19(16,17)12-14(15)18-10-6-9-13-7-4-3-5-8-13/h1,3-5,7-8H,6,9-12H2. The number of carbonyl (C=O) groups is 1. The molecule has 5 heteroatoms. The number of esters is 1. The summed E-state index contributed by atoms with van der Waals surface area (Å²) >= 11 is 0. The van der Waals surface area contributed by atoms with Gasteiger partial charge in [-0.1, -0.05) is 36.3 Å². The van der Waals surface area contributed by atoms with Gasteiger partial charge in [-0.25, -0.2) is 8.42 Å². The first-order valence-corrected chi connectivity index (χ1v) is 7.69. The number of carbonyl (C=O) groups excluding carboxylic acids is 1. The van der Waals surface area contributed by atoms with E-state index in [0.717, 1.165) is 12.0 Å². The molecule has 0 aliphatic heterocycles. The largest absolute Gasteiger partial charge is 0.465 e. The van der Waals surface area contributed by atoms with Gasteiger partial charge in [0.05, 0.1) is 6.61 Å². The third-order valence-corrected chi connectivity index (χ3v) is 3.64. The summed E-state index contributed by atoms with van der Waals surface area (Å²) in [6.45, 7) is 0.208. The Bertz CT molecular complexity index is 541. The quantitative estimate of drug-likeness (QED) is 0.428. The highest BCUT2D eigenvalue weighted by atomic mass is 32.2. The number of hydrogen-bond donors (Lipinski definition) is 0.